The van der Waals surface area contributed by atoms with Crippen LogP contribution in [0.15, 0.2) is 48.5 Å². The van der Waals surface area contributed by atoms with Gasteiger partial charge in [0.15, 0.2) is 0 Å². The Morgan fingerprint density at radius 3 is 2.29 bits per heavy atom. The molecule has 150 valence electrons. The van der Waals surface area contributed by atoms with Crippen LogP contribution in [0.1, 0.15) is 24.5 Å². The summed E-state index contributed by atoms with van der Waals surface area (Å²) in [5.41, 5.74) is 1.61. The number of anilines is 1. The second-order valence-electron chi connectivity index (χ2n) is 7.12. The molecule has 1 amide bonds. The minimum Gasteiger partial charge on any atom is -0.497 e. The van der Waals surface area contributed by atoms with Crippen LogP contribution in [0, 0.1) is 5.92 Å². The molecule has 3 rings (SSSR count). The van der Waals surface area contributed by atoms with Crippen LogP contribution in [0.4, 0.5) is 5.69 Å². The number of methoxy groups -OCH3 is 2. The molecule has 1 fully saturated rings. The Bertz CT molecular complexity index is 751. The third-order valence-corrected chi connectivity index (χ3v) is 5.22. The van der Waals surface area contributed by atoms with E-state index in [0.717, 1.165) is 31.5 Å². The van der Waals surface area contributed by atoms with Crippen molar-refractivity contribution in [1.29, 1.82) is 0 Å². The molecule has 1 aliphatic rings. The molecule has 6 nitrogen and oxygen atoms in total. The van der Waals surface area contributed by atoms with Gasteiger partial charge in [-0.3, -0.25) is 9.69 Å². The Morgan fingerprint density at radius 2 is 1.71 bits per heavy atom. The van der Waals surface area contributed by atoms with Crippen molar-refractivity contribution >= 4 is 11.6 Å². The zero-order valence-corrected chi connectivity index (χ0v) is 16.4. The summed E-state index contributed by atoms with van der Waals surface area (Å²) in [6.45, 7) is 1.92. The molecule has 2 aromatic carbocycles. The molecular weight excluding hydrogens is 356 g/mol. The van der Waals surface area contributed by atoms with Crippen molar-refractivity contribution in [3.05, 3.63) is 54.1 Å². The third kappa shape index (κ3) is 5.24. The van der Waals surface area contributed by atoms with Crippen LogP contribution in [0.5, 0.6) is 11.5 Å². The van der Waals surface area contributed by atoms with Crippen LogP contribution in [0.3, 0.4) is 0 Å². The van der Waals surface area contributed by atoms with Gasteiger partial charge in [-0.25, -0.2) is 0 Å². The van der Waals surface area contributed by atoms with Crippen LogP contribution >= 0.6 is 0 Å². The van der Waals surface area contributed by atoms with Gasteiger partial charge in [-0.1, -0.05) is 30.3 Å². The topological polar surface area (TPSA) is 71.0 Å². The van der Waals surface area contributed by atoms with E-state index in [1.807, 2.05) is 30.3 Å². The molecule has 0 spiro atoms. The third-order valence-electron chi connectivity index (χ3n) is 5.22. The number of amides is 1. The predicted molar refractivity (Wildman–Crippen MR) is 109 cm³/mol. The van der Waals surface area contributed by atoms with Gasteiger partial charge in [0.1, 0.15) is 11.5 Å². The summed E-state index contributed by atoms with van der Waals surface area (Å²) in [7, 11) is 3.16. The Balaban J connectivity index is 1.50. The lowest BCUT2D eigenvalue weighted by atomic mass is 9.87. The van der Waals surface area contributed by atoms with Crippen molar-refractivity contribution < 1.29 is 19.4 Å². The summed E-state index contributed by atoms with van der Waals surface area (Å²) in [6.07, 6.45) is 1.30. The number of carbonyl (C=O) groups excluding carboxylic acids is 1. The molecule has 1 unspecified atom stereocenters. The van der Waals surface area contributed by atoms with Crippen LogP contribution in [-0.4, -0.2) is 49.8 Å². The Morgan fingerprint density at radius 1 is 1.11 bits per heavy atom. The number of nitrogens with one attached hydrogen (secondary N) is 1. The zero-order chi connectivity index (χ0) is 19.9. The quantitative estimate of drug-likeness (QED) is 0.768. The SMILES string of the molecule is COc1cc(NC(=O)CN2CCC(C(O)c3ccccc3)CC2)cc(OC)c1. The number of carbonyl (C=O) groups is 1. The fraction of sp³-hybridized carbons (Fsp3) is 0.409. The summed E-state index contributed by atoms with van der Waals surface area (Å²) in [5, 5.41) is 13.5. The van der Waals surface area contributed by atoms with Crippen LogP contribution in [0.2, 0.25) is 0 Å². The van der Waals surface area contributed by atoms with Gasteiger partial charge in [0.2, 0.25) is 5.91 Å². The van der Waals surface area contributed by atoms with Gasteiger partial charge in [-0.15, -0.1) is 0 Å². The summed E-state index contributed by atoms with van der Waals surface area (Å²) in [5.74, 6) is 1.41. The Hall–Kier alpha value is -2.57. The molecule has 6 heteroatoms. The van der Waals surface area contributed by atoms with E-state index in [1.165, 1.54) is 0 Å². The number of hydrogen-bond acceptors (Lipinski definition) is 5. The molecule has 28 heavy (non-hydrogen) atoms. The van der Waals surface area contributed by atoms with Crippen molar-refractivity contribution in [1.82, 2.24) is 4.90 Å². The van der Waals surface area contributed by atoms with Crippen LogP contribution in [-0.2, 0) is 4.79 Å². The highest BCUT2D eigenvalue weighted by molar-refractivity contribution is 5.92. The number of rotatable bonds is 7. The van der Waals surface area contributed by atoms with Crippen molar-refractivity contribution in [2.75, 3.05) is 39.2 Å². The number of likely N-dealkylation sites (tertiary alicyclic amines) is 1. The number of benzene rings is 2. The van der Waals surface area contributed by atoms with E-state index in [1.54, 1.807) is 32.4 Å². The number of nitrogens with zero attached hydrogens (tertiary/aromatic N) is 1. The lowest BCUT2D eigenvalue weighted by Crippen LogP contribution is -2.40. The fourth-order valence-corrected chi connectivity index (χ4v) is 3.63. The first-order valence-electron chi connectivity index (χ1n) is 9.57. The van der Waals surface area contributed by atoms with Crippen molar-refractivity contribution in [3.63, 3.8) is 0 Å². The molecule has 1 atom stereocenters. The number of aliphatic hydroxyl groups is 1. The first kappa shape index (κ1) is 20.2. The maximum atomic E-state index is 12.4. The highest BCUT2D eigenvalue weighted by Crippen LogP contribution is 2.30. The Kier molecular flexibility index (Phi) is 6.90. The van der Waals surface area contributed by atoms with Gasteiger partial charge in [0.05, 0.1) is 26.9 Å². The molecule has 0 aliphatic carbocycles. The molecule has 0 aromatic heterocycles. The first-order chi connectivity index (χ1) is 13.6. The summed E-state index contributed by atoms with van der Waals surface area (Å²) < 4.78 is 10.5. The van der Waals surface area contributed by atoms with Gasteiger partial charge in [-0.05, 0) is 37.4 Å². The average molecular weight is 384 g/mol. The van der Waals surface area contributed by atoms with Crippen molar-refractivity contribution in [2.24, 2.45) is 5.92 Å². The molecule has 0 radical (unpaired) electrons. The normalized spacial score (nSPS) is 16.4. The van der Waals surface area contributed by atoms with Crippen LogP contribution < -0.4 is 14.8 Å². The van der Waals surface area contributed by atoms with Gasteiger partial charge >= 0.3 is 0 Å². The molecule has 1 aliphatic heterocycles. The Labute approximate surface area is 166 Å². The first-order valence-corrected chi connectivity index (χ1v) is 9.57. The predicted octanol–water partition coefficient (Wildman–Crippen LogP) is 3.09. The smallest absolute Gasteiger partial charge is 0.238 e. The molecule has 2 N–H and O–H groups in total. The minimum absolute atomic E-state index is 0.0719. The number of ether oxygens (including phenoxy) is 2. The average Bonchev–Trinajstić information content (AvgIpc) is 2.74. The summed E-state index contributed by atoms with van der Waals surface area (Å²) >= 11 is 0. The molecule has 1 saturated heterocycles. The largest absolute Gasteiger partial charge is 0.497 e. The van der Waals surface area contributed by atoms with E-state index >= 15 is 0 Å². The maximum absolute atomic E-state index is 12.4. The van der Waals surface area contributed by atoms with E-state index in [4.69, 9.17) is 9.47 Å². The molecular formula is C22H28N2O4. The van der Waals surface area contributed by atoms with E-state index < -0.39 is 6.10 Å². The summed E-state index contributed by atoms with van der Waals surface area (Å²) in [4.78, 5) is 14.6. The molecule has 1 heterocycles. The monoisotopic (exact) mass is 384 g/mol. The second-order valence-corrected chi connectivity index (χ2v) is 7.12. The number of aliphatic hydroxyl groups excluding tert-OH is 1. The standard InChI is InChI=1S/C22H28N2O4/c1-27-19-12-18(13-20(14-19)28-2)23-21(25)15-24-10-8-17(9-11-24)22(26)16-6-4-3-5-7-16/h3-7,12-14,17,22,26H,8-11,15H2,1-2H3,(H,23,25). The highest BCUT2D eigenvalue weighted by Gasteiger charge is 2.27. The molecule has 0 saturated carbocycles. The van der Waals surface area contributed by atoms with Gasteiger partial charge in [0.25, 0.3) is 0 Å². The molecule has 0 bridgehead atoms. The summed E-state index contributed by atoms with van der Waals surface area (Å²) in [6, 6.07) is 15.1. The lowest BCUT2D eigenvalue weighted by molar-refractivity contribution is -0.117. The van der Waals surface area contributed by atoms with E-state index in [2.05, 4.69) is 10.2 Å². The van der Waals surface area contributed by atoms with Crippen molar-refractivity contribution in [2.45, 2.75) is 18.9 Å². The van der Waals surface area contributed by atoms with Gasteiger partial charge in [0, 0.05) is 23.9 Å². The lowest BCUT2D eigenvalue weighted by Gasteiger charge is -2.34. The van der Waals surface area contributed by atoms with Crippen molar-refractivity contribution in [3.8, 4) is 11.5 Å². The van der Waals surface area contributed by atoms with Gasteiger partial charge < -0.3 is 19.9 Å². The van der Waals surface area contributed by atoms with Crippen LogP contribution in [0.25, 0.3) is 0 Å². The van der Waals surface area contributed by atoms with E-state index in [9.17, 15) is 9.90 Å². The zero-order valence-electron chi connectivity index (χ0n) is 16.4. The number of piperidine rings is 1. The van der Waals surface area contributed by atoms with E-state index in [-0.39, 0.29) is 11.8 Å². The highest BCUT2D eigenvalue weighted by atomic mass is 16.5. The fourth-order valence-electron chi connectivity index (χ4n) is 3.63. The minimum atomic E-state index is -0.443. The molecule has 2 aromatic rings. The van der Waals surface area contributed by atoms with E-state index in [0.29, 0.717) is 23.7 Å². The second kappa shape index (κ2) is 9.57. The number of hydrogen-bond donors (Lipinski definition) is 2. The van der Waals surface area contributed by atoms with Gasteiger partial charge in [-0.2, -0.15) is 0 Å². The maximum Gasteiger partial charge on any atom is 0.238 e.